The van der Waals surface area contributed by atoms with E-state index in [1.807, 2.05) is 6.92 Å². The third-order valence-electron chi connectivity index (χ3n) is 2.62. The third-order valence-corrected chi connectivity index (χ3v) is 2.62. The van der Waals surface area contributed by atoms with Crippen molar-refractivity contribution in [3.8, 4) is 0 Å². The van der Waals surface area contributed by atoms with Crippen molar-refractivity contribution in [1.29, 1.82) is 0 Å². The maximum atomic E-state index is 13.0. The normalized spacial score (nSPS) is 11.8. The highest BCUT2D eigenvalue weighted by Gasteiger charge is 2.34. The lowest BCUT2D eigenvalue weighted by Gasteiger charge is -2.10. The molecule has 2 nitrogen and oxygen atoms in total. The highest BCUT2D eigenvalue weighted by atomic mass is 19.4. The lowest BCUT2D eigenvalue weighted by Crippen LogP contribution is -2.21. The monoisotopic (exact) mass is 278 g/mol. The molecule has 0 amide bonds. The third kappa shape index (κ3) is 5.57. The molecular formula is C13H18F4N2. The predicted octanol–water partition coefficient (Wildman–Crippen LogP) is 2.93. The Hall–Kier alpha value is -1.14. The summed E-state index contributed by atoms with van der Waals surface area (Å²) in [5, 5.41) is 6.17. The van der Waals surface area contributed by atoms with Gasteiger partial charge in [0.25, 0.3) is 0 Å². The molecule has 0 fully saturated rings. The number of benzene rings is 1. The van der Waals surface area contributed by atoms with Crippen molar-refractivity contribution in [2.75, 3.05) is 19.6 Å². The Morgan fingerprint density at radius 2 is 1.79 bits per heavy atom. The van der Waals surface area contributed by atoms with Crippen molar-refractivity contribution in [3.05, 3.63) is 35.1 Å². The second kappa shape index (κ2) is 7.45. The molecular weight excluding hydrogens is 260 g/mol. The van der Waals surface area contributed by atoms with Gasteiger partial charge in [-0.25, -0.2) is 4.39 Å². The van der Waals surface area contributed by atoms with E-state index < -0.39 is 17.6 Å². The number of halogens is 4. The molecule has 19 heavy (non-hydrogen) atoms. The molecule has 1 aromatic carbocycles. The van der Waals surface area contributed by atoms with Gasteiger partial charge in [-0.2, -0.15) is 13.2 Å². The van der Waals surface area contributed by atoms with Gasteiger partial charge in [-0.1, -0.05) is 13.0 Å². The minimum absolute atomic E-state index is 0.301. The number of nitrogens with one attached hydrogen (secondary N) is 2. The molecule has 0 heterocycles. The Bertz CT molecular complexity index is 391. The van der Waals surface area contributed by atoms with Crippen LogP contribution in [0.25, 0.3) is 0 Å². The van der Waals surface area contributed by atoms with Crippen LogP contribution in [0.1, 0.15) is 24.5 Å². The zero-order valence-electron chi connectivity index (χ0n) is 10.8. The summed E-state index contributed by atoms with van der Waals surface area (Å²) in [7, 11) is 0. The fourth-order valence-electron chi connectivity index (χ4n) is 1.65. The molecule has 0 saturated heterocycles. The molecule has 0 saturated carbocycles. The minimum Gasteiger partial charge on any atom is -0.317 e. The first-order valence-electron chi connectivity index (χ1n) is 6.22. The predicted molar refractivity (Wildman–Crippen MR) is 66.3 cm³/mol. The van der Waals surface area contributed by atoms with E-state index in [4.69, 9.17) is 0 Å². The van der Waals surface area contributed by atoms with E-state index in [-0.39, 0.29) is 0 Å². The molecule has 0 bridgehead atoms. The molecule has 0 aliphatic rings. The van der Waals surface area contributed by atoms with Crippen molar-refractivity contribution >= 4 is 0 Å². The molecule has 2 N–H and O–H groups in total. The largest absolute Gasteiger partial charge is 0.419 e. The van der Waals surface area contributed by atoms with Gasteiger partial charge in [0.1, 0.15) is 5.82 Å². The molecule has 0 spiro atoms. The van der Waals surface area contributed by atoms with Gasteiger partial charge in [-0.3, -0.25) is 0 Å². The zero-order valence-corrected chi connectivity index (χ0v) is 10.8. The highest BCUT2D eigenvalue weighted by molar-refractivity contribution is 5.27. The van der Waals surface area contributed by atoms with Crippen LogP contribution in [-0.2, 0) is 12.7 Å². The molecule has 108 valence electrons. The first-order valence-corrected chi connectivity index (χ1v) is 6.22. The van der Waals surface area contributed by atoms with Crippen LogP contribution in [0.4, 0.5) is 17.6 Å². The molecule has 1 aromatic rings. The maximum absolute atomic E-state index is 13.0. The van der Waals surface area contributed by atoms with E-state index >= 15 is 0 Å². The second-order valence-corrected chi connectivity index (χ2v) is 4.20. The Labute approximate surface area is 110 Å². The molecule has 0 radical (unpaired) electrons. The van der Waals surface area contributed by atoms with Gasteiger partial charge in [0, 0.05) is 6.54 Å². The van der Waals surface area contributed by atoms with Gasteiger partial charge < -0.3 is 10.6 Å². The van der Waals surface area contributed by atoms with Gasteiger partial charge in [0.2, 0.25) is 0 Å². The second-order valence-electron chi connectivity index (χ2n) is 4.20. The molecule has 0 aliphatic carbocycles. The fourth-order valence-corrected chi connectivity index (χ4v) is 1.65. The van der Waals surface area contributed by atoms with Crippen molar-refractivity contribution in [2.24, 2.45) is 0 Å². The molecule has 0 aliphatic heterocycles. The minimum atomic E-state index is -4.65. The topological polar surface area (TPSA) is 24.1 Å². The summed E-state index contributed by atoms with van der Waals surface area (Å²) in [6.45, 7) is 4.76. The van der Waals surface area contributed by atoms with E-state index in [1.165, 1.54) is 6.07 Å². The van der Waals surface area contributed by atoms with Crippen LogP contribution in [0.3, 0.4) is 0 Å². The SMILES string of the molecule is CCNCCCNCc1ccc(F)c(C(F)(F)F)c1. The summed E-state index contributed by atoms with van der Waals surface area (Å²) in [6.07, 6.45) is -3.76. The van der Waals surface area contributed by atoms with E-state index in [2.05, 4.69) is 10.6 Å². The van der Waals surface area contributed by atoms with Crippen LogP contribution in [0.5, 0.6) is 0 Å². The number of hydrogen-bond acceptors (Lipinski definition) is 2. The summed E-state index contributed by atoms with van der Waals surface area (Å²) in [4.78, 5) is 0. The maximum Gasteiger partial charge on any atom is 0.419 e. The van der Waals surface area contributed by atoms with E-state index in [0.29, 0.717) is 18.7 Å². The number of rotatable bonds is 7. The van der Waals surface area contributed by atoms with E-state index in [0.717, 1.165) is 31.6 Å². The van der Waals surface area contributed by atoms with Crippen LogP contribution in [0.2, 0.25) is 0 Å². The van der Waals surface area contributed by atoms with E-state index in [9.17, 15) is 17.6 Å². The summed E-state index contributed by atoms with van der Waals surface area (Å²) in [6, 6.07) is 3.08. The summed E-state index contributed by atoms with van der Waals surface area (Å²) < 4.78 is 50.5. The fraction of sp³-hybridized carbons (Fsp3) is 0.538. The lowest BCUT2D eigenvalue weighted by atomic mass is 10.1. The van der Waals surface area contributed by atoms with Gasteiger partial charge in [0.15, 0.2) is 0 Å². The van der Waals surface area contributed by atoms with Crippen molar-refractivity contribution in [3.63, 3.8) is 0 Å². The molecule has 6 heteroatoms. The number of hydrogen-bond donors (Lipinski definition) is 2. The van der Waals surface area contributed by atoms with Crippen LogP contribution in [0.15, 0.2) is 18.2 Å². The van der Waals surface area contributed by atoms with Crippen LogP contribution < -0.4 is 10.6 Å². The molecule has 0 aromatic heterocycles. The van der Waals surface area contributed by atoms with Gasteiger partial charge in [-0.15, -0.1) is 0 Å². The average molecular weight is 278 g/mol. The summed E-state index contributed by atoms with van der Waals surface area (Å²) >= 11 is 0. The summed E-state index contributed by atoms with van der Waals surface area (Å²) in [5.74, 6) is -1.23. The zero-order chi connectivity index (χ0) is 14.3. The van der Waals surface area contributed by atoms with Crippen LogP contribution in [-0.4, -0.2) is 19.6 Å². The Kier molecular flexibility index (Phi) is 6.24. The van der Waals surface area contributed by atoms with E-state index in [1.54, 1.807) is 0 Å². The number of alkyl halides is 3. The van der Waals surface area contributed by atoms with Gasteiger partial charge >= 0.3 is 6.18 Å². The Balaban J connectivity index is 2.47. The Morgan fingerprint density at radius 1 is 1.11 bits per heavy atom. The highest BCUT2D eigenvalue weighted by Crippen LogP contribution is 2.31. The average Bonchev–Trinajstić information content (AvgIpc) is 2.34. The standard InChI is InChI=1S/C13H18F4N2/c1-2-18-6-3-7-19-9-10-4-5-12(14)11(8-10)13(15,16)17/h4-5,8,18-19H,2-3,6-7,9H2,1H3. The molecule has 0 unspecified atom stereocenters. The van der Waals surface area contributed by atoms with Crippen molar-refractivity contribution < 1.29 is 17.6 Å². The quantitative estimate of drug-likeness (QED) is 0.592. The van der Waals surface area contributed by atoms with Crippen molar-refractivity contribution in [1.82, 2.24) is 10.6 Å². The van der Waals surface area contributed by atoms with Gasteiger partial charge in [-0.05, 0) is 43.8 Å². The first-order chi connectivity index (χ1) is 8.95. The van der Waals surface area contributed by atoms with Crippen LogP contribution in [0, 0.1) is 5.82 Å². The Morgan fingerprint density at radius 3 is 2.42 bits per heavy atom. The first kappa shape index (κ1) is 15.9. The lowest BCUT2D eigenvalue weighted by molar-refractivity contribution is -0.140. The summed E-state index contributed by atoms with van der Waals surface area (Å²) in [5.41, 5.74) is -0.781. The van der Waals surface area contributed by atoms with Crippen molar-refractivity contribution in [2.45, 2.75) is 26.1 Å². The molecule has 1 rings (SSSR count). The molecule has 0 atom stereocenters. The van der Waals surface area contributed by atoms with Gasteiger partial charge in [0.05, 0.1) is 5.56 Å². The van der Waals surface area contributed by atoms with Crippen LogP contribution >= 0.6 is 0 Å². The smallest absolute Gasteiger partial charge is 0.317 e.